The number of anilines is 1. The Morgan fingerprint density at radius 2 is 1.97 bits per heavy atom. The van der Waals surface area contributed by atoms with Gasteiger partial charge in [0.25, 0.3) is 15.9 Å². The van der Waals surface area contributed by atoms with Crippen molar-refractivity contribution in [1.82, 2.24) is 4.90 Å². The Labute approximate surface area is 172 Å². The minimum Gasteiger partial charge on any atom is -0.334 e. The molecule has 3 aromatic rings. The molecule has 0 unspecified atom stereocenters. The van der Waals surface area contributed by atoms with E-state index in [0.29, 0.717) is 29.9 Å². The molecule has 5 nitrogen and oxygen atoms in total. The highest BCUT2D eigenvalue weighted by Crippen LogP contribution is 2.28. The Morgan fingerprint density at radius 1 is 1.17 bits per heavy atom. The van der Waals surface area contributed by atoms with Crippen LogP contribution in [0, 0.1) is 12.7 Å². The van der Waals surface area contributed by atoms with Crippen LogP contribution in [0.4, 0.5) is 10.1 Å². The Bertz CT molecular complexity index is 1190. The number of nitrogens with one attached hydrogen (secondary N) is 1. The first-order valence-electron chi connectivity index (χ1n) is 9.08. The highest BCUT2D eigenvalue weighted by atomic mass is 32.2. The number of halogens is 1. The molecule has 1 amide bonds. The van der Waals surface area contributed by atoms with Crippen LogP contribution in [-0.2, 0) is 23.0 Å². The molecule has 1 aliphatic rings. The summed E-state index contributed by atoms with van der Waals surface area (Å²) >= 11 is 1.70. The first-order valence-corrected chi connectivity index (χ1v) is 11.4. The van der Waals surface area contributed by atoms with Gasteiger partial charge in [-0.25, -0.2) is 12.8 Å². The number of thiophene rings is 1. The molecule has 8 heteroatoms. The third kappa shape index (κ3) is 3.90. The average Bonchev–Trinajstić information content (AvgIpc) is 3.17. The number of fused-ring (bicyclic) bond motifs is 1. The van der Waals surface area contributed by atoms with Crippen molar-refractivity contribution in [2.45, 2.75) is 24.8 Å². The highest BCUT2D eigenvalue weighted by Gasteiger charge is 2.25. The van der Waals surface area contributed by atoms with Crippen molar-refractivity contribution in [2.75, 3.05) is 11.3 Å². The summed E-state index contributed by atoms with van der Waals surface area (Å²) in [6.45, 7) is 2.89. The molecular weight excluding hydrogens is 411 g/mol. The molecule has 29 heavy (non-hydrogen) atoms. The minimum absolute atomic E-state index is 0.133. The molecule has 2 heterocycles. The zero-order valence-corrected chi connectivity index (χ0v) is 17.3. The number of sulfonamides is 1. The van der Waals surface area contributed by atoms with Gasteiger partial charge in [0.2, 0.25) is 0 Å². The number of benzene rings is 2. The average molecular weight is 431 g/mol. The van der Waals surface area contributed by atoms with Crippen molar-refractivity contribution in [1.29, 1.82) is 0 Å². The molecule has 2 aromatic carbocycles. The Kier molecular flexibility index (Phi) is 5.14. The van der Waals surface area contributed by atoms with Gasteiger partial charge >= 0.3 is 0 Å². The Balaban J connectivity index is 1.60. The van der Waals surface area contributed by atoms with Crippen molar-refractivity contribution in [3.63, 3.8) is 0 Å². The third-order valence-corrected chi connectivity index (χ3v) is 7.40. The van der Waals surface area contributed by atoms with Gasteiger partial charge in [0.05, 0.1) is 10.6 Å². The topological polar surface area (TPSA) is 66.5 Å². The van der Waals surface area contributed by atoms with E-state index in [2.05, 4.69) is 4.72 Å². The van der Waals surface area contributed by atoms with E-state index in [1.54, 1.807) is 41.4 Å². The standard InChI is InChI=1S/C21H19FN2O3S2/c1-14-18(21(25)24-10-8-20-15(13-24)9-11-28-20)6-3-7-19(14)23-29(26,27)17-5-2-4-16(22)12-17/h2-7,9,11-12,23H,8,10,13H2,1H3. The van der Waals surface area contributed by atoms with Crippen LogP contribution in [0.5, 0.6) is 0 Å². The zero-order valence-electron chi connectivity index (χ0n) is 15.7. The van der Waals surface area contributed by atoms with Gasteiger partial charge < -0.3 is 4.90 Å². The van der Waals surface area contributed by atoms with Crippen molar-refractivity contribution >= 4 is 33.0 Å². The largest absolute Gasteiger partial charge is 0.334 e. The lowest BCUT2D eigenvalue weighted by Gasteiger charge is -2.28. The van der Waals surface area contributed by atoms with Gasteiger partial charge in [-0.1, -0.05) is 12.1 Å². The normalized spacial score (nSPS) is 13.8. The predicted octanol–water partition coefficient (Wildman–Crippen LogP) is 4.19. The molecule has 1 N–H and O–H groups in total. The number of nitrogens with zero attached hydrogens (tertiary/aromatic N) is 1. The molecule has 1 aliphatic heterocycles. The van der Waals surface area contributed by atoms with Crippen molar-refractivity contribution in [3.05, 3.63) is 81.3 Å². The SMILES string of the molecule is Cc1c(NS(=O)(=O)c2cccc(F)c2)cccc1C(=O)N1CCc2sccc2C1. The molecule has 150 valence electrons. The monoisotopic (exact) mass is 430 g/mol. The first-order chi connectivity index (χ1) is 13.8. The van der Waals surface area contributed by atoms with E-state index in [1.165, 1.54) is 23.1 Å². The molecule has 4 rings (SSSR count). The lowest BCUT2D eigenvalue weighted by atomic mass is 10.0. The van der Waals surface area contributed by atoms with Crippen LogP contribution >= 0.6 is 11.3 Å². The maximum Gasteiger partial charge on any atom is 0.262 e. The van der Waals surface area contributed by atoms with E-state index in [9.17, 15) is 17.6 Å². The van der Waals surface area contributed by atoms with Gasteiger partial charge in [-0.15, -0.1) is 11.3 Å². The molecule has 0 saturated carbocycles. The van der Waals surface area contributed by atoms with E-state index in [1.807, 2.05) is 11.4 Å². The predicted molar refractivity (Wildman–Crippen MR) is 111 cm³/mol. The van der Waals surface area contributed by atoms with Gasteiger partial charge in [0, 0.05) is 23.5 Å². The van der Waals surface area contributed by atoms with Crippen LogP contribution in [0.15, 0.2) is 58.8 Å². The van der Waals surface area contributed by atoms with E-state index in [-0.39, 0.29) is 10.8 Å². The van der Waals surface area contributed by atoms with E-state index < -0.39 is 15.8 Å². The molecule has 0 aliphatic carbocycles. The van der Waals surface area contributed by atoms with Gasteiger partial charge in [-0.3, -0.25) is 9.52 Å². The van der Waals surface area contributed by atoms with E-state index in [0.717, 1.165) is 18.1 Å². The van der Waals surface area contributed by atoms with Crippen LogP contribution < -0.4 is 4.72 Å². The van der Waals surface area contributed by atoms with Crippen LogP contribution in [0.1, 0.15) is 26.4 Å². The molecule has 0 saturated heterocycles. The smallest absolute Gasteiger partial charge is 0.262 e. The number of carbonyl (C=O) groups is 1. The molecule has 0 bridgehead atoms. The molecule has 0 atom stereocenters. The van der Waals surface area contributed by atoms with Crippen molar-refractivity contribution < 1.29 is 17.6 Å². The molecule has 0 spiro atoms. The molecule has 1 aromatic heterocycles. The van der Waals surface area contributed by atoms with Gasteiger partial charge in [-0.05, 0) is 66.2 Å². The van der Waals surface area contributed by atoms with Crippen molar-refractivity contribution in [2.24, 2.45) is 0 Å². The lowest BCUT2D eigenvalue weighted by molar-refractivity contribution is 0.0735. The summed E-state index contributed by atoms with van der Waals surface area (Å²) in [4.78, 5) is 16.0. The fourth-order valence-electron chi connectivity index (χ4n) is 3.41. The first kappa shape index (κ1) is 19.6. The number of carbonyl (C=O) groups excluding carboxylic acids is 1. The molecular formula is C21H19FN2O3S2. The summed E-state index contributed by atoms with van der Waals surface area (Å²) in [6.07, 6.45) is 0.823. The summed E-state index contributed by atoms with van der Waals surface area (Å²) in [5.41, 5.74) is 2.44. The van der Waals surface area contributed by atoms with Crippen molar-refractivity contribution in [3.8, 4) is 0 Å². The summed E-state index contributed by atoms with van der Waals surface area (Å²) in [5.74, 6) is -0.766. The third-order valence-electron chi connectivity index (χ3n) is 5.01. The molecule has 0 radical (unpaired) electrons. The summed E-state index contributed by atoms with van der Waals surface area (Å²) in [5, 5.41) is 2.03. The van der Waals surface area contributed by atoms with Crippen LogP contribution in [0.25, 0.3) is 0 Å². The van der Waals surface area contributed by atoms with Crippen LogP contribution in [-0.4, -0.2) is 25.8 Å². The maximum absolute atomic E-state index is 13.4. The lowest BCUT2D eigenvalue weighted by Crippen LogP contribution is -2.35. The summed E-state index contributed by atoms with van der Waals surface area (Å²) < 4.78 is 41.2. The second-order valence-corrected chi connectivity index (χ2v) is 9.57. The van der Waals surface area contributed by atoms with Crippen LogP contribution in [0.3, 0.4) is 0 Å². The number of rotatable bonds is 4. The van der Waals surface area contributed by atoms with Gasteiger partial charge in [-0.2, -0.15) is 0 Å². The fourth-order valence-corrected chi connectivity index (χ4v) is 5.45. The maximum atomic E-state index is 13.4. The summed E-state index contributed by atoms with van der Waals surface area (Å²) in [7, 11) is -3.97. The van der Waals surface area contributed by atoms with E-state index in [4.69, 9.17) is 0 Å². The second kappa shape index (κ2) is 7.61. The Morgan fingerprint density at radius 3 is 2.76 bits per heavy atom. The van der Waals surface area contributed by atoms with Gasteiger partial charge in [0.1, 0.15) is 5.82 Å². The molecule has 0 fully saturated rings. The fraction of sp³-hybridized carbons (Fsp3) is 0.190. The van der Waals surface area contributed by atoms with Crippen LogP contribution in [0.2, 0.25) is 0 Å². The minimum atomic E-state index is -3.97. The quantitative estimate of drug-likeness (QED) is 0.675. The number of hydrogen-bond acceptors (Lipinski definition) is 4. The number of hydrogen-bond donors (Lipinski definition) is 1. The second-order valence-electron chi connectivity index (χ2n) is 6.89. The number of amides is 1. The van der Waals surface area contributed by atoms with E-state index >= 15 is 0 Å². The Hall–Kier alpha value is -2.71. The summed E-state index contributed by atoms with van der Waals surface area (Å²) in [6, 6.07) is 11.8. The highest BCUT2D eigenvalue weighted by molar-refractivity contribution is 7.92. The zero-order chi connectivity index (χ0) is 20.6. The van der Waals surface area contributed by atoms with Gasteiger partial charge in [0.15, 0.2) is 0 Å².